The van der Waals surface area contributed by atoms with E-state index in [9.17, 15) is 4.79 Å². The van der Waals surface area contributed by atoms with Gasteiger partial charge in [0.25, 0.3) is 5.56 Å². The number of ether oxygens (including phenoxy) is 1. The van der Waals surface area contributed by atoms with E-state index in [4.69, 9.17) is 4.74 Å². The Bertz CT molecular complexity index is 1460. The molecular formula is C21H17N7O2. The Kier molecular flexibility index (Phi) is 4.13. The molecule has 0 spiro atoms. The van der Waals surface area contributed by atoms with E-state index in [1.165, 1.54) is 13.3 Å². The van der Waals surface area contributed by atoms with Gasteiger partial charge in [0.05, 0.1) is 36.1 Å². The van der Waals surface area contributed by atoms with E-state index in [1.807, 2.05) is 31.2 Å². The third-order valence-corrected chi connectivity index (χ3v) is 4.85. The molecule has 0 amide bonds. The van der Waals surface area contributed by atoms with Crippen molar-refractivity contribution in [3.05, 3.63) is 65.0 Å². The Morgan fingerprint density at radius 1 is 1.07 bits per heavy atom. The molecule has 0 aliphatic carbocycles. The Morgan fingerprint density at radius 2 is 1.97 bits per heavy atom. The Balaban J connectivity index is 1.67. The number of fused-ring (bicyclic) bond motifs is 2. The van der Waals surface area contributed by atoms with Gasteiger partial charge in [0, 0.05) is 23.0 Å². The molecule has 0 aliphatic rings. The SMILES string of the molecule is COc1cncc(-c2cc3cc[nH]c(=O)c3c(Nc3ccc4c(C)[nH]nc4c3)n2)n1. The van der Waals surface area contributed by atoms with Gasteiger partial charge in [0.15, 0.2) is 0 Å². The quantitative estimate of drug-likeness (QED) is 0.424. The second-order valence-electron chi connectivity index (χ2n) is 6.78. The molecule has 4 aromatic heterocycles. The fourth-order valence-corrected chi connectivity index (χ4v) is 3.37. The fourth-order valence-electron chi connectivity index (χ4n) is 3.37. The van der Waals surface area contributed by atoms with Crippen LogP contribution < -0.4 is 15.6 Å². The molecule has 0 unspecified atom stereocenters. The maximum atomic E-state index is 12.6. The lowest BCUT2D eigenvalue weighted by molar-refractivity contribution is 0.396. The second-order valence-corrected chi connectivity index (χ2v) is 6.78. The first kappa shape index (κ1) is 17.8. The first-order valence-electron chi connectivity index (χ1n) is 9.23. The summed E-state index contributed by atoms with van der Waals surface area (Å²) in [4.78, 5) is 28.5. The molecule has 5 aromatic rings. The maximum Gasteiger partial charge on any atom is 0.259 e. The van der Waals surface area contributed by atoms with Gasteiger partial charge in [0.2, 0.25) is 5.88 Å². The van der Waals surface area contributed by atoms with Crippen molar-refractivity contribution < 1.29 is 4.74 Å². The molecule has 30 heavy (non-hydrogen) atoms. The van der Waals surface area contributed by atoms with Crippen molar-refractivity contribution in [3.63, 3.8) is 0 Å². The zero-order chi connectivity index (χ0) is 20.7. The van der Waals surface area contributed by atoms with Crippen molar-refractivity contribution in [2.45, 2.75) is 6.92 Å². The Morgan fingerprint density at radius 3 is 2.83 bits per heavy atom. The van der Waals surface area contributed by atoms with Gasteiger partial charge in [-0.1, -0.05) is 0 Å². The van der Waals surface area contributed by atoms with Crippen LogP contribution in [-0.2, 0) is 0 Å². The van der Waals surface area contributed by atoms with Crippen molar-refractivity contribution in [2.24, 2.45) is 0 Å². The monoisotopic (exact) mass is 399 g/mol. The molecule has 5 rings (SSSR count). The third kappa shape index (κ3) is 3.02. The van der Waals surface area contributed by atoms with Crippen LogP contribution in [0, 0.1) is 6.92 Å². The summed E-state index contributed by atoms with van der Waals surface area (Å²) in [5.41, 5.74) is 3.46. The van der Waals surface area contributed by atoms with E-state index in [0.717, 1.165) is 27.7 Å². The fraction of sp³-hybridized carbons (Fsp3) is 0.0952. The number of nitrogens with one attached hydrogen (secondary N) is 3. The molecule has 0 fully saturated rings. The van der Waals surface area contributed by atoms with E-state index in [0.29, 0.717) is 28.5 Å². The predicted octanol–water partition coefficient (Wildman–Crippen LogP) is 3.32. The first-order valence-corrected chi connectivity index (χ1v) is 9.23. The van der Waals surface area contributed by atoms with E-state index in [1.54, 1.807) is 18.5 Å². The summed E-state index contributed by atoms with van der Waals surface area (Å²) in [7, 11) is 1.53. The van der Waals surface area contributed by atoms with Gasteiger partial charge in [-0.15, -0.1) is 0 Å². The molecule has 0 radical (unpaired) electrons. The molecule has 0 bridgehead atoms. The van der Waals surface area contributed by atoms with Crippen molar-refractivity contribution >= 4 is 33.2 Å². The minimum Gasteiger partial charge on any atom is -0.480 e. The topological polar surface area (TPSA) is 121 Å². The first-order chi connectivity index (χ1) is 14.6. The second kappa shape index (κ2) is 6.96. The molecule has 0 atom stereocenters. The maximum absolute atomic E-state index is 12.6. The zero-order valence-electron chi connectivity index (χ0n) is 16.2. The van der Waals surface area contributed by atoms with Crippen molar-refractivity contribution in [2.75, 3.05) is 12.4 Å². The number of benzene rings is 1. The molecule has 148 valence electrons. The molecular weight excluding hydrogens is 382 g/mol. The zero-order valence-corrected chi connectivity index (χ0v) is 16.2. The van der Waals surface area contributed by atoms with Crippen LogP contribution in [0.3, 0.4) is 0 Å². The number of methoxy groups -OCH3 is 1. The lowest BCUT2D eigenvalue weighted by atomic mass is 10.1. The molecule has 9 nitrogen and oxygen atoms in total. The molecule has 0 saturated heterocycles. The van der Waals surface area contributed by atoms with Gasteiger partial charge < -0.3 is 15.0 Å². The van der Waals surface area contributed by atoms with E-state index in [2.05, 4.69) is 35.5 Å². The number of aryl methyl sites for hydroxylation is 1. The van der Waals surface area contributed by atoms with Crippen LogP contribution in [0.4, 0.5) is 11.5 Å². The highest BCUT2D eigenvalue weighted by Crippen LogP contribution is 2.28. The molecule has 0 saturated carbocycles. The number of nitrogens with zero attached hydrogens (tertiary/aromatic N) is 4. The number of rotatable bonds is 4. The van der Waals surface area contributed by atoms with Crippen LogP contribution in [0.5, 0.6) is 5.88 Å². The standard InChI is InChI=1S/C21H17N7O2/c1-11-14-4-3-13(8-15(14)28-27-11)24-20-19-12(5-6-23-21(19)29)7-16(26-20)17-9-22-10-18(25-17)30-2/h3-10H,1-2H3,(H,23,29)(H,24,26)(H,27,28). The van der Waals surface area contributed by atoms with Gasteiger partial charge in [-0.3, -0.25) is 14.9 Å². The molecule has 9 heteroatoms. The molecule has 1 aromatic carbocycles. The lowest BCUT2D eigenvalue weighted by Crippen LogP contribution is -2.09. The highest BCUT2D eigenvalue weighted by molar-refractivity contribution is 5.95. The van der Waals surface area contributed by atoms with Crippen LogP contribution in [0.25, 0.3) is 33.1 Å². The Labute approximate surface area is 170 Å². The minimum atomic E-state index is -0.234. The average Bonchev–Trinajstić information content (AvgIpc) is 3.13. The summed E-state index contributed by atoms with van der Waals surface area (Å²) < 4.78 is 5.17. The summed E-state index contributed by atoms with van der Waals surface area (Å²) in [6.07, 6.45) is 4.73. The largest absolute Gasteiger partial charge is 0.480 e. The van der Waals surface area contributed by atoms with Gasteiger partial charge >= 0.3 is 0 Å². The van der Waals surface area contributed by atoms with Crippen LogP contribution in [0.2, 0.25) is 0 Å². The lowest BCUT2D eigenvalue weighted by Gasteiger charge is -2.11. The number of hydrogen-bond donors (Lipinski definition) is 3. The number of H-pyrrole nitrogens is 2. The van der Waals surface area contributed by atoms with E-state index in [-0.39, 0.29) is 5.56 Å². The normalized spacial score (nSPS) is 11.1. The highest BCUT2D eigenvalue weighted by atomic mass is 16.5. The minimum absolute atomic E-state index is 0.234. The summed E-state index contributed by atoms with van der Waals surface area (Å²) in [5.74, 6) is 0.801. The Hall–Kier alpha value is -4.27. The van der Waals surface area contributed by atoms with Crippen molar-refractivity contribution in [1.82, 2.24) is 30.1 Å². The number of anilines is 2. The van der Waals surface area contributed by atoms with Crippen LogP contribution in [-0.4, -0.2) is 37.2 Å². The number of hydrogen-bond acceptors (Lipinski definition) is 7. The van der Waals surface area contributed by atoms with Gasteiger partial charge in [-0.2, -0.15) is 5.10 Å². The summed E-state index contributed by atoms with van der Waals surface area (Å²) >= 11 is 0. The number of aromatic amines is 2. The summed E-state index contributed by atoms with van der Waals surface area (Å²) in [6.45, 7) is 1.97. The molecule has 0 aliphatic heterocycles. The molecule has 4 heterocycles. The molecule has 3 N–H and O–H groups in total. The van der Waals surface area contributed by atoms with Crippen LogP contribution >= 0.6 is 0 Å². The highest BCUT2D eigenvalue weighted by Gasteiger charge is 2.13. The third-order valence-electron chi connectivity index (χ3n) is 4.85. The average molecular weight is 399 g/mol. The smallest absolute Gasteiger partial charge is 0.259 e. The summed E-state index contributed by atoms with van der Waals surface area (Å²) in [6, 6.07) is 9.43. The van der Waals surface area contributed by atoms with Gasteiger partial charge in [-0.05, 0) is 42.6 Å². The van der Waals surface area contributed by atoms with Crippen LogP contribution in [0.15, 0.2) is 53.7 Å². The van der Waals surface area contributed by atoms with Crippen molar-refractivity contribution in [1.29, 1.82) is 0 Å². The van der Waals surface area contributed by atoms with Crippen molar-refractivity contribution in [3.8, 4) is 17.3 Å². The predicted molar refractivity (Wildman–Crippen MR) is 114 cm³/mol. The van der Waals surface area contributed by atoms with Gasteiger partial charge in [0.1, 0.15) is 11.5 Å². The van der Waals surface area contributed by atoms with E-state index < -0.39 is 0 Å². The number of aromatic nitrogens is 6. The van der Waals surface area contributed by atoms with E-state index >= 15 is 0 Å². The van der Waals surface area contributed by atoms with Crippen LogP contribution in [0.1, 0.15) is 5.69 Å². The summed E-state index contributed by atoms with van der Waals surface area (Å²) in [5, 5.41) is 12.8. The van der Waals surface area contributed by atoms with Gasteiger partial charge in [-0.25, -0.2) is 9.97 Å². The number of pyridine rings is 2.